The van der Waals surface area contributed by atoms with Crippen molar-refractivity contribution in [3.8, 4) is 0 Å². The van der Waals surface area contributed by atoms with Gasteiger partial charge in [0.2, 0.25) is 0 Å². The van der Waals surface area contributed by atoms with Crippen LogP contribution in [0.3, 0.4) is 0 Å². The molecule has 3 heteroatoms. The minimum Gasteiger partial charge on any atom is -0.389 e. The van der Waals surface area contributed by atoms with Gasteiger partial charge in [-0.15, -0.1) is 0 Å². The second-order valence-electron chi connectivity index (χ2n) is 5.48. The van der Waals surface area contributed by atoms with Gasteiger partial charge in [-0.1, -0.05) is 20.3 Å². The lowest BCUT2D eigenvalue weighted by Crippen LogP contribution is -2.41. The van der Waals surface area contributed by atoms with Crippen LogP contribution >= 0.6 is 0 Å². The first kappa shape index (κ1) is 14.9. The van der Waals surface area contributed by atoms with Crippen molar-refractivity contribution >= 4 is 0 Å². The molecular formula is C14H30N2O. The van der Waals surface area contributed by atoms with E-state index in [2.05, 4.69) is 11.8 Å². The lowest BCUT2D eigenvalue weighted by atomic mass is 9.93. The zero-order chi connectivity index (χ0) is 12.7. The number of hydrogen-bond donors (Lipinski definition) is 2. The Morgan fingerprint density at radius 3 is 2.71 bits per heavy atom. The Balaban J connectivity index is 2.29. The summed E-state index contributed by atoms with van der Waals surface area (Å²) in [6.07, 6.45) is 8.01. The topological polar surface area (TPSA) is 49.5 Å². The van der Waals surface area contributed by atoms with Gasteiger partial charge in [-0.25, -0.2) is 0 Å². The van der Waals surface area contributed by atoms with Crippen molar-refractivity contribution in [2.75, 3.05) is 19.6 Å². The molecule has 0 bridgehead atoms. The summed E-state index contributed by atoms with van der Waals surface area (Å²) < 4.78 is 0. The number of aliphatic hydroxyl groups is 1. The number of piperidine rings is 1. The van der Waals surface area contributed by atoms with Crippen molar-refractivity contribution in [3.63, 3.8) is 0 Å². The average Bonchev–Trinajstić information content (AvgIpc) is 2.39. The Hall–Kier alpha value is -0.120. The van der Waals surface area contributed by atoms with Gasteiger partial charge in [-0.3, -0.25) is 0 Å². The zero-order valence-electron chi connectivity index (χ0n) is 11.6. The van der Waals surface area contributed by atoms with Gasteiger partial charge in [0.15, 0.2) is 0 Å². The molecule has 2 unspecified atom stereocenters. The van der Waals surface area contributed by atoms with E-state index in [1.54, 1.807) is 0 Å². The van der Waals surface area contributed by atoms with Gasteiger partial charge in [0.05, 0.1) is 5.60 Å². The average molecular weight is 242 g/mol. The Morgan fingerprint density at radius 1 is 1.35 bits per heavy atom. The molecule has 0 amide bonds. The maximum Gasteiger partial charge on any atom is 0.0767 e. The van der Waals surface area contributed by atoms with Gasteiger partial charge >= 0.3 is 0 Å². The second-order valence-corrected chi connectivity index (χ2v) is 5.48. The molecule has 0 aromatic heterocycles. The molecule has 1 saturated heterocycles. The first-order valence-corrected chi connectivity index (χ1v) is 7.31. The van der Waals surface area contributed by atoms with Gasteiger partial charge in [0.25, 0.3) is 0 Å². The molecule has 3 nitrogen and oxygen atoms in total. The molecule has 2 atom stereocenters. The molecule has 1 fully saturated rings. The molecule has 1 aliphatic heterocycles. The molecule has 0 aromatic carbocycles. The second kappa shape index (κ2) is 7.34. The predicted molar refractivity (Wildman–Crippen MR) is 73.0 cm³/mol. The van der Waals surface area contributed by atoms with Gasteiger partial charge < -0.3 is 15.7 Å². The van der Waals surface area contributed by atoms with E-state index in [1.807, 2.05) is 6.92 Å². The van der Waals surface area contributed by atoms with Crippen LogP contribution in [-0.2, 0) is 0 Å². The van der Waals surface area contributed by atoms with Crippen LogP contribution in [0.2, 0.25) is 0 Å². The van der Waals surface area contributed by atoms with Crippen LogP contribution in [0, 0.1) is 0 Å². The molecule has 1 aliphatic rings. The summed E-state index contributed by atoms with van der Waals surface area (Å²) in [6.45, 7) is 7.06. The van der Waals surface area contributed by atoms with Crippen LogP contribution in [0.15, 0.2) is 0 Å². The van der Waals surface area contributed by atoms with E-state index in [1.165, 1.54) is 32.2 Å². The third-order valence-corrected chi connectivity index (χ3v) is 4.35. The molecule has 0 saturated carbocycles. The van der Waals surface area contributed by atoms with Crippen molar-refractivity contribution < 1.29 is 5.11 Å². The summed E-state index contributed by atoms with van der Waals surface area (Å²) >= 11 is 0. The highest BCUT2D eigenvalue weighted by Gasteiger charge is 2.24. The maximum atomic E-state index is 10.1. The summed E-state index contributed by atoms with van der Waals surface area (Å²) in [6, 6.07) is 0.774. The quantitative estimate of drug-likeness (QED) is 0.719. The van der Waals surface area contributed by atoms with Crippen molar-refractivity contribution in [2.24, 2.45) is 5.73 Å². The van der Waals surface area contributed by atoms with E-state index in [9.17, 15) is 5.11 Å². The van der Waals surface area contributed by atoms with Gasteiger partial charge in [0, 0.05) is 12.6 Å². The smallest absolute Gasteiger partial charge is 0.0767 e. The highest BCUT2D eigenvalue weighted by molar-refractivity contribution is 4.80. The summed E-state index contributed by atoms with van der Waals surface area (Å²) in [4.78, 5) is 2.61. The maximum absolute atomic E-state index is 10.1. The Bertz CT molecular complexity index is 204. The molecule has 3 N–H and O–H groups in total. The lowest BCUT2D eigenvalue weighted by Gasteiger charge is -2.36. The van der Waals surface area contributed by atoms with Crippen LogP contribution in [0.1, 0.15) is 58.8 Å². The minimum atomic E-state index is -0.627. The Labute approximate surface area is 106 Å². The van der Waals surface area contributed by atoms with Crippen LogP contribution in [0.4, 0.5) is 0 Å². The summed E-state index contributed by atoms with van der Waals surface area (Å²) in [5, 5.41) is 10.1. The van der Waals surface area contributed by atoms with Crippen LogP contribution in [0.25, 0.3) is 0 Å². The van der Waals surface area contributed by atoms with Crippen molar-refractivity contribution in [1.82, 2.24) is 4.90 Å². The molecule has 1 heterocycles. The molecule has 0 spiro atoms. The van der Waals surface area contributed by atoms with Gasteiger partial charge in [0.1, 0.15) is 0 Å². The summed E-state index contributed by atoms with van der Waals surface area (Å²) in [5.74, 6) is 0. The van der Waals surface area contributed by atoms with E-state index in [0.717, 1.165) is 31.8 Å². The predicted octanol–water partition coefficient (Wildman–Crippen LogP) is 2.13. The van der Waals surface area contributed by atoms with Crippen LogP contribution < -0.4 is 5.73 Å². The lowest BCUT2D eigenvalue weighted by molar-refractivity contribution is 0.0285. The van der Waals surface area contributed by atoms with E-state index >= 15 is 0 Å². The van der Waals surface area contributed by atoms with E-state index in [0.29, 0.717) is 6.54 Å². The van der Waals surface area contributed by atoms with Crippen LogP contribution in [0.5, 0.6) is 0 Å². The fourth-order valence-corrected chi connectivity index (χ4v) is 2.85. The first-order chi connectivity index (χ1) is 8.15. The van der Waals surface area contributed by atoms with Crippen molar-refractivity contribution in [2.45, 2.75) is 70.4 Å². The minimum absolute atomic E-state index is 0.390. The standard InChI is InChI=1S/C14H30N2O/c1-3-13-8-5-6-10-16(13)11-7-9-14(17,4-2)12-15/h13,17H,3-12,15H2,1-2H3. The monoisotopic (exact) mass is 242 g/mol. The molecule has 1 rings (SSSR count). The SMILES string of the molecule is CCC1CCCCN1CCCC(O)(CC)CN. The van der Waals surface area contributed by atoms with Crippen molar-refractivity contribution in [1.29, 1.82) is 0 Å². The molecule has 102 valence electrons. The largest absolute Gasteiger partial charge is 0.389 e. The highest BCUT2D eigenvalue weighted by atomic mass is 16.3. The van der Waals surface area contributed by atoms with Gasteiger partial charge in [-0.05, 0) is 51.6 Å². The number of rotatable bonds is 7. The van der Waals surface area contributed by atoms with Crippen LogP contribution in [-0.4, -0.2) is 41.3 Å². The number of nitrogens with zero attached hydrogens (tertiary/aromatic N) is 1. The van der Waals surface area contributed by atoms with E-state index in [4.69, 9.17) is 5.73 Å². The number of likely N-dealkylation sites (tertiary alicyclic amines) is 1. The number of hydrogen-bond acceptors (Lipinski definition) is 3. The number of nitrogens with two attached hydrogens (primary N) is 1. The summed E-state index contributed by atoms with van der Waals surface area (Å²) in [5.41, 5.74) is 5.00. The molecule has 0 aromatic rings. The Morgan fingerprint density at radius 2 is 2.12 bits per heavy atom. The van der Waals surface area contributed by atoms with Crippen molar-refractivity contribution in [3.05, 3.63) is 0 Å². The molecular weight excluding hydrogens is 212 g/mol. The highest BCUT2D eigenvalue weighted by Crippen LogP contribution is 2.21. The fraction of sp³-hybridized carbons (Fsp3) is 1.00. The summed E-state index contributed by atoms with van der Waals surface area (Å²) in [7, 11) is 0. The van der Waals surface area contributed by atoms with Gasteiger partial charge in [-0.2, -0.15) is 0 Å². The van der Waals surface area contributed by atoms with E-state index in [-0.39, 0.29) is 0 Å². The molecule has 0 aliphatic carbocycles. The Kier molecular flexibility index (Phi) is 6.45. The molecule has 17 heavy (non-hydrogen) atoms. The third-order valence-electron chi connectivity index (χ3n) is 4.35. The fourth-order valence-electron chi connectivity index (χ4n) is 2.85. The molecule has 0 radical (unpaired) electrons. The van der Waals surface area contributed by atoms with E-state index < -0.39 is 5.60 Å². The zero-order valence-corrected chi connectivity index (χ0v) is 11.6. The normalized spacial score (nSPS) is 25.8. The first-order valence-electron chi connectivity index (χ1n) is 7.31. The third kappa shape index (κ3) is 4.57.